The summed E-state index contributed by atoms with van der Waals surface area (Å²) in [6.07, 6.45) is 8.03. The van der Waals surface area contributed by atoms with Crippen molar-refractivity contribution >= 4 is 28.4 Å². The van der Waals surface area contributed by atoms with E-state index >= 15 is 0 Å². The predicted octanol–water partition coefficient (Wildman–Crippen LogP) is 6.00. The van der Waals surface area contributed by atoms with Crippen LogP contribution in [0.25, 0.3) is 10.9 Å². The number of amides is 1. The van der Waals surface area contributed by atoms with Gasteiger partial charge in [-0.15, -0.1) is 0 Å². The van der Waals surface area contributed by atoms with Crippen LogP contribution in [0.15, 0.2) is 54.6 Å². The van der Waals surface area contributed by atoms with E-state index in [1.54, 1.807) is 0 Å². The Morgan fingerprint density at radius 3 is 2.42 bits per heavy atom. The summed E-state index contributed by atoms with van der Waals surface area (Å²) in [5.74, 6) is 0.451. The number of carbonyl (C=O) groups is 1. The van der Waals surface area contributed by atoms with Crippen LogP contribution in [0, 0.1) is 5.92 Å². The largest absolute Gasteiger partial charge is 0.353 e. The first-order valence-corrected chi connectivity index (χ1v) is 12.9. The van der Waals surface area contributed by atoms with Gasteiger partial charge in [0.25, 0.3) is 0 Å². The van der Waals surface area contributed by atoms with Crippen molar-refractivity contribution < 1.29 is 4.79 Å². The number of rotatable bonds is 6. The fourth-order valence-electron chi connectivity index (χ4n) is 5.53. The van der Waals surface area contributed by atoms with Crippen molar-refractivity contribution in [3.63, 3.8) is 0 Å². The zero-order valence-corrected chi connectivity index (χ0v) is 20.1. The first-order valence-electron chi connectivity index (χ1n) is 12.5. The molecule has 33 heavy (non-hydrogen) atoms. The highest BCUT2D eigenvalue weighted by molar-refractivity contribution is 6.31. The molecule has 5 heteroatoms. The van der Waals surface area contributed by atoms with Crippen LogP contribution < -0.4 is 5.32 Å². The van der Waals surface area contributed by atoms with E-state index in [9.17, 15) is 4.79 Å². The highest BCUT2D eigenvalue weighted by atomic mass is 35.5. The van der Waals surface area contributed by atoms with Gasteiger partial charge in [0.2, 0.25) is 5.91 Å². The number of nitrogens with one attached hydrogen (secondary N) is 1. The van der Waals surface area contributed by atoms with E-state index in [0.29, 0.717) is 6.04 Å². The topological polar surface area (TPSA) is 37.3 Å². The molecule has 2 aliphatic rings. The third kappa shape index (κ3) is 5.28. The van der Waals surface area contributed by atoms with Crippen LogP contribution >= 0.6 is 11.6 Å². The lowest BCUT2D eigenvalue weighted by atomic mass is 9.92. The maximum Gasteiger partial charge on any atom is 0.223 e. The van der Waals surface area contributed by atoms with Gasteiger partial charge in [-0.3, -0.25) is 9.69 Å². The van der Waals surface area contributed by atoms with Crippen LogP contribution in [0.2, 0.25) is 5.02 Å². The van der Waals surface area contributed by atoms with Crippen molar-refractivity contribution in [2.75, 3.05) is 13.1 Å². The molecule has 174 valence electrons. The van der Waals surface area contributed by atoms with E-state index in [4.69, 9.17) is 11.6 Å². The van der Waals surface area contributed by atoms with Crippen molar-refractivity contribution in [3.05, 3.63) is 70.9 Å². The van der Waals surface area contributed by atoms with E-state index in [1.165, 1.54) is 35.9 Å². The van der Waals surface area contributed by atoms with E-state index in [2.05, 4.69) is 57.2 Å². The molecule has 2 heterocycles. The number of halogens is 1. The lowest BCUT2D eigenvalue weighted by Crippen LogP contribution is -2.44. The molecule has 1 saturated heterocycles. The zero-order chi connectivity index (χ0) is 22.6. The lowest BCUT2D eigenvalue weighted by molar-refractivity contribution is -0.127. The summed E-state index contributed by atoms with van der Waals surface area (Å²) >= 11 is 6.49. The number of hydrogen-bond donors (Lipinski definition) is 1. The summed E-state index contributed by atoms with van der Waals surface area (Å²) in [4.78, 5) is 15.3. The van der Waals surface area contributed by atoms with Crippen LogP contribution in [0.5, 0.6) is 0 Å². The number of piperidine rings is 1. The third-order valence-corrected chi connectivity index (χ3v) is 7.85. The first kappa shape index (κ1) is 22.5. The van der Waals surface area contributed by atoms with Crippen LogP contribution in [0.3, 0.4) is 0 Å². The molecule has 1 aliphatic carbocycles. The molecule has 0 unspecified atom stereocenters. The molecule has 0 radical (unpaired) electrons. The van der Waals surface area contributed by atoms with Crippen LogP contribution in [0.4, 0.5) is 0 Å². The van der Waals surface area contributed by atoms with E-state index in [0.717, 1.165) is 62.4 Å². The number of aromatic nitrogens is 1. The Hall–Kier alpha value is -2.30. The lowest BCUT2D eigenvalue weighted by Gasteiger charge is -2.33. The third-order valence-electron chi connectivity index (χ3n) is 7.48. The predicted molar refractivity (Wildman–Crippen MR) is 136 cm³/mol. The second-order valence-electron chi connectivity index (χ2n) is 9.77. The summed E-state index contributed by atoms with van der Waals surface area (Å²) in [7, 11) is 0. The molecule has 1 saturated carbocycles. The van der Waals surface area contributed by atoms with E-state index in [-0.39, 0.29) is 11.8 Å². The smallest absolute Gasteiger partial charge is 0.223 e. The molecule has 1 amide bonds. The maximum atomic E-state index is 12.8. The van der Waals surface area contributed by atoms with E-state index in [1.807, 2.05) is 12.1 Å². The van der Waals surface area contributed by atoms with Crippen molar-refractivity contribution in [2.24, 2.45) is 5.92 Å². The second-order valence-corrected chi connectivity index (χ2v) is 10.2. The summed E-state index contributed by atoms with van der Waals surface area (Å²) in [6, 6.07) is 19.4. The van der Waals surface area contributed by atoms with Gasteiger partial charge in [-0.25, -0.2) is 0 Å². The number of carbonyl (C=O) groups excluding carboxylic acids is 1. The van der Waals surface area contributed by atoms with Gasteiger partial charge in [-0.05, 0) is 67.9 Å². The second kappa shape index (κ2) is 10.3. The van der Waals surface area contributed by atoms with Gasteiger partial charge in [-0.1, -0.05) is 67.3 Å². The Morgan fingerprint density at radius 2 is 1.64 bits per heavy atom. The minimum absolute atomic E-state index is 0.164. The summed E-state index contributed by atoms with van der Waals surface area (Å²) in [5.41, 5.74) is 3.69. The molecular weight excluding hydrogens is 430 g/mol. The fraction of sp³-hybridized carbons (Fsp3) is 0.464. The number of para-hydroxylation sites is 1. The minimum Gasteiger partial charge on any atom is -0.353 e. The summed E-state index contributed by atoms with van der Waals surface area (Å²) in [6.45, 7) is 3.60. The fourth-order valence-corrected chi connectivity index (χ4v) is 5.73. The van der Waals surface area contributed by atoms with Gasteiger partial charge in [0.1, 0.15) is 0 Å². The zero-order valence-electron chi connectivity index (χ0n) is 19.3. The average molecular weight is 464 g/mol. The molecule has 5 rings (SSSR count). The van der Waals surface area contributed by atoms with Crippen molar-refractivity contribution in [2.45, 2.75) is 64.1 Å². The number of fused-ring (bicyclic) bond motifs is 1. The molecular formula is C28H34ClN3O. The van der Waals surface area contributed by atoms with Crippen molar-refractivity contribution in [3.8, 4) is 0 Å². The Labute approximate surface area is 201 Å². The number of hydrogen-bond acceptors (Lipinski definition) is 2. The number of benzene rings is 2. The van der Waals surface area contributed by atoms with Gasteiger partial charge in [0.15, 0.2) is 0 Å². The Morgan fingerprint density at radius 1 is 0.909 bits per heavy atom. The van der Waals surface area contributed by atoms with Gasteiger partial charge in [0, 0.05) is 41.3 Å². The molecule has 1 N–H and O–H groups in total. The standard InChI is InChI=1S/C28H34ClN3O/c29-26-12-6-4-9-23(26)19-32-25(18-22-8-5-7-13-27(22)32)20-31-16-14-21(15-17-31)28(33)30-24-10-2-1-3-11-24/h4-9,12-13,18,21,24H,1-3,10-11,14-17,19-20H2,(H,30,33). The van der Waals surface area contributed by atoms with Crippen LogP contribution in [-0.2, 0) is 17.9 Å². The molecule has 2 aromatic carbocycles. The summed E-state index contributed by atoms with van der Waals surface area (Å²) < 4.78 is 2.40. The summed E-state index contributed by atoms with van der Waals surface area (Å²) in [5, 5.41) is 5.41. The minimum atomic E-state index is 0.164. The number of nitrogens with zero attached hydrogens (tertiary/aromatic N) is 2. The highest BCUT2D eigenvalue weighted by Gasteiger charge is 2.27. The van der Waals surface area contributed by atoms with Crippen molar-refractivity contribution in [1.82, 2.24) is 14.8 Å². The monoisotopic (exact) mass is 463 g/mol. The highest BCUT2D eigenvalue weighted by Crippen LogP contribution is 2.27. The van der Waals surface area contributed by atoms with E-state index < -0.39 is 0 Å². The molecule has 2 fully saturated rings. The van der Waals surface area contributed by atoms with Crippen LogP contribution in [-0.4, -0.2) is 34.5 Å². The van der Waals surface area contributed by atoms with Gasteiger partial charge < -0.3 is 9.88 Å². The van der Waals surface area contributed by atoms with Gasteiger partial charge >= 0.3 is 0 Å². The van der Waals surface area contributed by atoms with Crippen LogP contribution in [0.1, 0.15) is 56.2 Å². The average Bonchev–Trinajstić information content (AvgIpc) is 3.18. The quantitative estimate of drug-likeness (QED) is 0.486. The molecule has 1 aromatic heterocycles. The normalized spacial score (nSPS) is 18.6. The maximum absolute atomic E-state index is 12.8. The molecule has 0 spiro atoms. The van der Waals surface area contributed by atoms with Gasteiger partial charge in [-0.2, -0.15) is 0 Å². The Kier molecular flexibility index (Phi) is 7.03. The first-order chi connectivity index (χ1) is 16.2. The Balaban J connectivity index is 1.25. The molecule has 0 atom stereocenters. The molecule has 3 aromatic rings. The van der Waals surface area contributed by atoms with Crippen molar-refractivity contribution in [1.29, 1.82) is 0 Å². The Bertz CT molecular complexity index is 1090. The molecule has 0 bridgehead atoms. The molecule has 4 nitrogen and oxygen atoms in total. The molecule has 1 aliphatic heterocycles. The SMILES string of the molecule is O=C(NC1CCCCC1)C1CCN(Cc2cc3ccccc3n2Cc2ccccc2Cl)CC1. The van der Waals surface area contributed by atoms with Gasteiger partial charge in [0.05, 0.1) is 0 Å². The number of likely N-dealkylation sites (tertiary alicyclic amines) is 1.